The number of nitrogens with one attached hydrogen (secondary N) is 1. The fourth-order valence-corrected chi connectivity index (χ4v) is 4.03. The van der Waals surface area contributed by atoms with Gasteiger partial charge in [0.1, 0.15) is 17.9 Å². The van der Waals surface area contributed by atoms with Gasteiger partial charge >= 0.3 is 0 Å². The van der Waals surface area contributed by atoms with Gasteiger partial charge in [0.25, 0.3) is 0 Å². The van der Waals surface area contributed by atoms with E-state index >= 15 is 0 Å². The first-order valence-corrected chi connectivity index (χ1v) is 8.23. The van der Waals surface area contributed by atoms with Crippen molar-refractivity contribution in [3.8, 4) is 0 Å². The first-order valence-electron chi connectivity index (χ1n) is 8.23. The summed E-state index contributed by atoms with van der Waals surface area (Å²) in [6.45, 7) is 1.65. The summed E-state index contributed by atoms with van der Waals surface area (Å²) in [5, 5.41) is 3.30. The van der Waals surface area contributed by atoms with E-state index in [1.807, 2.05) is 0 Å². The Hall–Kier alpha value is -1.95. The predicted octanol–water partition coefficient (Wildman–Crippen LogP) is 0.889. The third-order valence-electron chi connectivity index (χ3n) is 5.23. The second kappa shape index (κ2) is 5.60. The Morgan fingerprint density at radius 3 is 2.74 bits per heavy atom. The molecule has 3 aliphatic rings. The van der Waals surface area contributed by atoms with Gasteiger partial charge in [0.05, 0.1) is 0 Å². The maximum atomic E-state index is 13.7. The largest absolute Gasteiger partial charge is 0.329 e. The average Bonchev–Trinajstić information content (AvgIpc) is 3.19. The van der Waals surface area contributed by atoms with Gasteiger partial charge in [-0.25, -0.2) is 4.39 Å². The van der Waals surface area contributed by atoms with E-state index in [0.717, 1.165) is 12.8 Å². The molecule has 0 unspecified atom stereocenters. The molecule has 122 valence electrons. The van der Waals surface area contributed by atoms with Crippen molar-refractivity contribution in [1.29, 1.82) is 0 Å². The minimum Gasteiger partial charge on any atom is -0.329 e. The molecule has 0 bridgehead atoms. The molecule has 23 heavy (non-hydrogen) atoms. The molecule has 1 aromatic rings. The fourth-order valence-electron chi connectivity index (χ4n) is 4.03. The van der Waals surface area contributed by atoms with Crippen LogP contribution in [-0.4, -0.2) is 52.8 Å². The van der Waals surface area contributed by atoms with Crippen LogP contribution in [0.2, 0.25) is 0 Å². The van der Waals surface area contributed by atoms with Crippen molar-refractivity contribution in [2.45, 2.75) is 43.9 Å². The minimum absolute atomic E-state index is 0.0348. The van der Waals surface area contributed by atoms with Crippen molar-refractivity contribution >= 4 is 11.8 Å². The molecule has 0 saturated carbocycles. The summed E-state index contributed by atoms with van der Waals surface area (Å²) in [6, 6.07) is 6.11. The molecule has 0 radical (unpaired) electrons. The normalized spacial score (nSPS) is 29.9. The second-order valence-corrected chi connectivity index (χ2v) is 6.60. The van der Waals surface area contributed by atoms with Crippen LogP contribution in [0.25, 0.3) is 0 Å². The molecule has 0 aromatic heterocycles. The number of amides is 2. The summed E-state index contributed by atoms with van der Waals surface area (Å²) in [5.41, 5.74) is 0.607. The van der Waals surface area contributed by atoms with E-state index in [0.29, 0.717) is 31.6 Å². The quantitative estimate of drug-likeness (QED) is 0.901. The third-order valence-corrected chi connectivity index (χ3v) is 5.23. The van der Waals surface area contributed by atoms with Crippen molar-refractivity contribution < 1.29 is 14.0 Å². The summed E-state index contributed by atoms with van der Waals surface area (Å²) >= 11 is 0. The monoisotopic (exact) mass is 317 g/mol. The molecule has 6 heteroatoms. The van der Waals surface area contributed by atoms with Crippen molar-refractivity contribution in [2.75, 3.05) is 13.1 Å². The molecule has 3 fully saturated rings. The summed E-state index contributed by atoms with van der Waals surface area (Å²) in [5.74, 6) is -0.0619. The predicted molar refractivity (Wildman–Crippen MR) is 81.9 cm³/mol. The Balaban J connectivity index is 1.44. The van der Waals surface area contributed by atoms with Crippen LogP contribution in [0.15, 0.2) is 24.3 Å². The Morgan fingerprint density at radius 2 is 1.91 bits per heavy atom. The zero-order chi connectivity index (χ0) is 16.0. The lowest BCUT2D eigenvalue weighted by Crippen LogP contribution is -2.60. The summed E-state index contributed by atoms with van der Waals surface area (Å²) in [7, 11) is 0. The summed E-state index contributed by atoms with van der Waals surface area (Å²) in [4.78, 5) is 28.6. The molecule has 5 nitrogen and oxygen atoms in total. The molecule has 0 spiro atoms. The number of hydrogen-bond acceptors (Lipinski definition) is 3. The van der Waals surface area contributed by atoms with Crippen molar-refractivity contribution in [1.82, 2.24) is 15.1 Å². The first kappa shape index (κ1) is 14.6. The SMILES string of the molecule is O=C1[C@@H]2C[C@H](NCc3ccccc3F)CN2C(=O)[C@H]2CCCN12. The Kier molecular flexibility index (Phi) is 3.56. The number of benzene rings is 1. The van der Waals surface area contributed by atoms with Gasteiger partial charge < -0.3 is 15.1 Å². The Bertz CT molecular complexity index is 620. The highest BCUT2D eigenvalue weighted by Crippen LogP contribution is 2.32. The van der Waals surface area contributed by atoms with E-state index in [-0.39, 0.29) is 35.8 Å². The second-order valence-electron chi connectivity index (χ2n) is 6.60. The lowest BCUT2D eigenvalue weighted by atomic mass is 10.1. The van der Waals surface area contributed by atoms with Crippen LogP contribution in [0.1, 0.15) is 24.8 Å². The third kappa shape index (κ3) is 2.41. The average molecular weight is 317 g/mol. The van der Waals surface area contributed by atoms with Gasteiger partial charge in [-0.1, -0.05) is 18.2 Å². The minimum atomic E-state index is -0.338. The van der Waals surface area contributed by atoms with E-state index in [9.17, 15) is 14.0 Å². The maximum Gasteiger partial charge on any atom is 0.246 e. The van der Waals surface area contributed by atoms with E-state index < -0.39 is 0 Å². The molecular formula is C17H20FN3O2. The lowest BCUT2D eigenvalue weighted by molar-refractivity contribution is -0.156. The number of carbonyl (C=O) groups excluding carboxylic acids is 2. The Morgan fingerprint density at radius 1 is 1.13 bits per heavy atom. The van der Waals surface area contributed by atoms with Gasteiger partial charge in [-0.2, -0.15) is 0 Å². The highest BCUT2D eigenvalue weighted by molar-refractivity contribution is 5.98. The molecule has 3 heterocycles. The molecule has 3 atom stereocenters. The summed E-state index contributed by atoms with van der Waals surface area (Å²) in [6.07, 6.45) is 2.31. The molecule has 4 rings (SSSR count). The van der Waals surface area contributed by atoms with Crippen LogP contribution >= 0.6 is 0 Å². The van der Waals surface area contributed by atoms with Gasteiger partial charge in [0.2, 0.25) is 11.8 Å². The fraction of sp³-hybridized carbons (Fsp3) is 0.529. The highest BCUT2D eigenvalue weighted by atomic mass is 19.1. The lowest BCUT2D eigenvalue weighted by Gasteiger charge is -2.38. The number of hydrogen-bond donors (Lipinski definition) is 1. The van der Waals surface area contributed by atoms with E-state index in [2.05, 4.69) is 5.32 Å². The molecular weight excluding hydrogens is 297 g/mol. The molecule has 1 N–H and O–H groups in total. The van der Waals surface area contributed by atoms with Gasteiger partial charge in [0, 0.05) is 31.2 Å². The zero-order valence-corrected chi connectivity index (χ0v) is 12.9. The van der Waals surface area contributed by atoms with Gasteiger partial charge in [-0.05, 0) is 25.3 Å². The standard InChI is InChI=1S/C17H20FN3O2/c18-13-5-2-1-4-11(13)9-19-12-8-15-17(23)20-7-3-6-14(20)16(22)21(15)10-12/h1-2,4-5,12,14-15,19H,3,6-10H2/t12-,14+,15-/m0/s1. The van der Waals surface area contributed by atoms with Gasteiger partial charge in [-0.3, -0.25) is 9.59 Å². The summed E-state index contributed by atoms with van der Waals surface area (Å²) < 4.78 is 13.7. The van der Waals surface area contributed by atoms with Crippen LogP contribution < -0.4 is 5.32 Å². The smallest absolute Gasteiger partial charge is 0.246 e. The number of fused-ring (bicyclic) bond motifs is 2. The molecule has 3 aliphatic heterocycles. The topological polar surface area (TPSA) is 52.7 Å². The number of rotatable bonds is 3. The number of carbonyl (C=O) groups is 2. The first-order chi connectivity index (χ1) is 11.1. The van der Waals surface area contributed by atoms with Crippen LogP contribution in [0.3, 0.4) is 0 Å². The highest BCUT2D eigenvalue weighted by Gasteiger charge is 2.51. The van der Waals surface area contributed by atoms with Crippen LogP contribution in [0.5, 0.6) is 0 Å². The van der Waals surface area contributed by atoms with Crippen molar-refractivity contribution in [3.05, 3.63) is 35.6 Å². The molecule has 1 aromatic carbocycles. The zero-order valence-electron chi connectivity index (χ0n) is 12.9. The van der Waals surface area contributed by atoms with Crippen molar-refractivity contribution in [2.24, 2.45) is 0 Å². The van der Waals surface area contributed by atoms with Gasteiger partial charge in [0.15, 0.2) is 0 Å². The number of piperazine rings is 1. The number of nitrogens with zero attached hydrogens (tertiary/aromatic N) is 2. The van der Waals surface area contributed by atoms with Crippen molar-refractivity contribution in [3.63, 3.8) is 0 Å². The molecule has 0 aliphatic carbocycles. The van der Waals surface area contributed by atoms with Crippen LogP contribution in [0, 0.1) is 5.82 Å². The Labute approximate surface area is 134 Å². The van der Waals surface area contributed by atoms with Crippen LogP contribution in [0.4, 0.5) is 4.39 Å². The van der Waals surface area contributed by atoms with E-state index in [4.69, 9.17) is 0 Å². The molecule has 3 saturated heterocycles. The number of halogens is 1. The maximum absolute atomic E-state index is 13.7. The molecule has 2 amide bonds. The van der Waals surface area contributed by atoms with E-state index in [1.165, 1.54) is 6.07 Å². The van der Waals surface area contributed by atoms with E-state index in [1.54, 1.807) is 28.0 Å². The van der Waals surface area contributed by atoms with Crippen LogP contribution in [-0.2, 0) is 16.1 Å². The van der Waals surface area contributed by atoms with Gasteiger partial charge in [-0.15, -0.1) is 0 Å².